The van der Waals surface area contributed by atoms with Gasteiger partial charge >= 0.3 is 6.36 Å². The molecule has 182 valence electrons. The molecule has 9 heteroatoms. The molecule has 0 bridgehead atoms. The van der Waals surface area contributed by atoms with Crippen LogP contribution in [0.5, 0.6) is 5.75 Å². The summed E-state index contributed by atoms with van der Waals surface area (Å²) < 4.78 is 57.4. The molecule has 0 saturated carbocycles. The molecule has 0 radical (unpaired) electrons. The van der Waals surface area contributed by atoms with E-state index in [2.05, 4.69) is 20.0 Å². The summed E-state index contributed by atoms with van der Waals surface area (Å²) in [6, 6.07) is 10.4. The molecule has 1 atom stereocenters. The summed E-state index contributed by atoms with van der Waals surface area (Å²) in [7, 11) is 0. The molecule has 2 aromatic carbocycles. The van der Waals surface area contributed by atoms with Gasteiger partial charge in [-0.2, -0.15) is 0 Å². The lowest BCUT2D eigenvalue weighted by molar-refractivity contribution is -0.274. The first kappa shape index (κ1) is 23.3. The first-order chi connectivity index (χ1) is 16.8. The van der Waals surface area contributed by atoms with Gasteiger partial charge in [0.1, 0.15) is 23.2 Å². The molecular weight excluding hydrogens is 460 g/mol. The van der Waals surface area contributed by atoms with Crippen molar-refractivity contribution in [3.05, 3.63) is 70.7 Å². The lowest BCUT2D eigenvalue weighted by atomic mass is 10.0. The fourth-order valence-corrected chi connectivity index (χ4v) is 4.70. The molecule has 0 amide bonds. The van der Waals surface area contributed by atoms with Gasteiger partial charge in [0.25, 0.3) is 0 Å². The zero-order valence-corrected chi connectivity index (χ0v) is 19.1. The van der Waals surface area contributed by atoms with Crippen LogP contribution in [0.25, 0.3) is 11.4 Å². The van der Waals surface area contributed by atoms with Crippen molar-refractivity contribution < 1.29 is 22.3 Å². The van der Waals surface area contributed by atoms with Crippen LogP contribution < -0.4 is 10.1 Å². The normalized spacial score (nSPS) is 17.3. The highest BCUT2D eigenvalue weighted by atomic mass is 19.4. The molecule has 0 fully saturated rings. The lowest BCUT2D eigenvalue weighted by Gasteiger charge is -2.17. The molecule has 0 spiro atoms. The Labute approximate surface area is 200 Å². The van der Waals surface area contributed by atoms with E-state index in [1.165, 1.54) is 30.3 Å². The van der Waals surface area contributed by atoms with Crippen LogP contribution in [0.3, 0.4) is 0 Å². The second-order valence-corrected chi connectivity index (χ2v) is 8.68. The number of rotatable bonds is 4. The zero-order chi connectivity index (χ0) is 24.6. The Morgan fingerprint density at radius 3 is 2.60 bits per heavy atom. The van der Waals surface area contributed by atoms with Gasteiger partial charge in [0.2, 0.25) is 0 Å². The number of hydrogen-bond acceptors (Lipinski definition) is 5. The monoisotopic (exact) mass is 484 g/mol. The third-order valence-corrected chi connectivity index (χ3v) is 6.32. The van der Waals surface area contributed by atoms with E-state index in [9.17, 15) is 17.6 Å². The van der Waals surface area contributed by atoms with E-state index < -0.39 is 6.36 Å². The quantitative estimate of drug-likeness (QED) is 0.328. The van der Waals surface area contributed by atoms with E-state index in [1.807, 2.05) is 6.92 Å². The number of fused-ring (bicyclic) bond motifs is 2. The van der Waals surface area contributed by atoms with Crippen molar-refractivity contribution in [3.8, 4) is 17.1 Å². The zero-order valence-electron chi connectivity index (χ0n) is 19.1. The van der Waals surface area contributed by atoms with Crippen molar-refractivity contribution in [2.24, 2.45) is 4.99 Å². The average Bonchev–Trinajstić information content (AvgIpc) is 2.98. The van der Waals surface area contributed by atoms with E-state index in [-0.39, 0.29) is 29.0 Å². The number of para-hydroxylation sites is 1. The highest BCUT2D eigenvalue weighted by molar-refractivity contribution is 6.11. The molecule has 1 aliphatic heterocycles. The average molecular weight is 484 g/mol. The molecule has 35 heavy (non-hydrogen) atoms. The largest absolute Gasteiger partial charge is 0.573 e. The Bertz CT molecular complexity index is 1290. The molecule has 5 nitrogen and oxygen atoms in total. The van der Waals surface area contributed by atoms with Crippen LogP contribution in [0.2, 0.25) is 0 Å². The Morgan fingerprint density at radius 2 is 1.80 bits per heavy atom. The standard InChI is InChI=1S/C26H24F4N4O/c1-2-20-16-13-12-15(27)14-19(16)25(31-20)34-23-17-8-4-3-5-10-21(17)32-24(33-23)18-9-6-7-11-22(18)35-26(28,29)30/h6-7,9,11-14,20H,2-5,8,10H2,1H3,(H,31,32,33,34)/t20-/m1/s1. The van der Waals surface area contributed by atoms with Gasteiger partial charge in [0, 0.05) is 16.8 Å². The van der Waals surface area contributed by atoms with Gasteiger partial charge < -0.3 is 10.1 Å². The maximum Gasteiger partial charge on any atom is 0.573 e. The summed E-state index contributed by atoms with van der Waals surface area (Å²) in [6.45, 7) is 2.01. The predicted octanol–water partition coefficient (Wildman–Crippen LogP) is 6.77. The number of aromatic nitrogens is 2. The van der Waals surface area contributed by atoms with E-state index >= 15 is 0 Å². The molecule has 0 unspecified atom stereocenters. The van der Waals surface area contributed by atoms with E-state index in [4.69, 9.17) is 4.99 Å². The van der Waals surface area contributed by atoms with Crippen LogP contribution >= 0.6 is 0 Å². The Morgan fingerprint density at radius 1 is 1.00 bits per heavy atom. The lowest BCUT2D eigenvalue weighted by Crippen LogP contribution is -2.18. The molecular formula is C26H24F4N4O. The molecule has 2 heterocycles. The smallest absolute Gasteiger partial charge is 0.405 e. The number of aryl methyl sites for hydroxylation is 1. The van der Waals surface area contributed by atoms with E-state index in [0.717, 1.165) is 48.9 Å². The van der Waals surface area contributed by atoms with Gasteiger partial charge in [-0.3, -0.25) is 4.99 Å². The minimum atomic E-state index is -4.84. The Balaban J connectivity index is 1.61. The van der Waals surface area contributed by atoms with Crippen molar-refractivity contribution in [3.63, 3.8) is 0 Å². The van der Waals surface area contributed by atoms with Gasteiger partial charge in [-0.05, 0) is 61.9 Å². The number of amidine groups is 1. The molecule has 1 aromatic heterocycles. The highest BCUT2D eigenvalue weighted by Crippen LogP contribution is 2.37. The van der Waals surface area contributed by atoms with E-state index in [1.54, 1.807) is 12.1 Å². The van der Waals surface area contributed by atoms with Crippen LogP contribution in [0, 0.1) is 5.82 Å². The number of nitrogens with one attached hydrogen (secondary N) is 1. The van der Waals surface area contributed by atoms with Gasteiger partial charge in [-0.15, -0.1) is 13.2 Å². The second-order valence-electron chi connectivity index (χ2n) is 8.68. The first-order valence-electron chi connectivity index (χ1n) is 11.7. The molecule has 0 saturated heterocycles. The number of anilines is 1. The SMILES string of the molecule is CC[C@H]1N=C(Nc2nc(-c3ccccc3OC(F)(F)F)nc3c2CCCCC3)c2cc(F)ccc21. The number of benzene rings is 2. The summed E-state index contributed by atoms with van der Waals surface area (Å²) in [5.74, 6) is 0.395. The highest BCUT2D eigenvalue weighted by Gasteiger charge is 2.33. The van der Waals surface area contributed by atoms with Crippen molar-refractivity contribution in [1.29, 1.82) is 0 Å². The number of ether oxygens (including phenoxy) is 1. The maximum absolute atomic E-state index is 14.1. The molecule has 3 aromatic rings. The van der Waals surface area contributed by atoms with Crippen LogP contribution in [0.15, 0.2) is 47.5 Å². The van der Waals surface area contributed by atoms with Crippen LogP contribution in [0.1, 0.15) is 61.0 Å². The fraction of sp³-hybridized carbons (Fsp3) is 0.346. The summed E-state index contributed by atoms with van der Waals surface area (Å²) in [5.41, 5.74) is 3.45. The summed E-state index contributed by atoms with van der Waals surface area (Å²) in [6.07, 6.45) is 0.232. The van der Waals surface area contributed by atoms with Crippen molar-refractivity contribution in [1.82, 2.24) is 9.97 Å². The molecule has 1 N–H and O–H groups in total. The first-order valence-corrected chi connectivity index (χ1v) is 11.7. The number of nitrogens with zero attached hydrogens (tertiary/aromatic N) is 3. The Kier molecular flexibility index (Phi) is 6.17. The van der Waals surface area contributed by atoms with Gasteiger partial charge in [0.05, 0.1) is 11.6 Å². The van der Waals surface area contributed by atoms with Crippen molar-refractivity contribution >= 4 is 11.7 Å². The van der Waals surface area contributed by atoms with Crippen LogP contribution in [-0.4, -0.2) is 22.2 Å². The van der Waals surface area contributed by atoms with Crippen molar-refractivity contribution in [2.45, 2.75) is 57.9 Å². The third kappa shape index (κ3) is 4.85. The van der Waals surface area contributed by atoms with Gasteiger partial charge in [0.15, 0.2) is 5.82 Å². The predicted molar refractivity (Wildman–Crippen MR) is 125 cm³/mol. The maximum atomic E-state index is 14.1. The summed E-state index contributed by atoms with van der Waals surface area (Å²) in [4.78, 5) is 14.1. The number of aliphatic imine (C=N–C) groups is 1. The summed E-state index contributed by atoms with van der Waals surface area (Å²) >= 11 is 0. The van der Waals surface area contributed by atoms with Crippen molar-refractivity contribution in [2.75, 3.05) is 5.32 Å². The molecule has 1 aliphatic carbocycles. The third-order valence-electron chi connectivity index (χ3n) is 6.32. The minimum absolute atomic E-state index is 0.103. The summed E-state index contributed by atoms with van der Waals surface area (Å²) in [5, 5.41) is 3.29. The minimum Gasteiger partial charge on any atom is -0.405 e. The number of hydrogen-bond donors (Lipinski definition) is 1. The van der Waals surface area contributed by atoms with Gasteiger partial charge in [-0.1, -0.05) is 31.5 Å². The topological polar surface area (TPSA) is 59.4 Å². The number of halogens is 4. The molecule has 5 rings (SSSR count). The second kappa shape index (κ2) is 9.28. The van der Waals surface area contributed by atoms with Crippen LogP contribution in [0.4, 0.5) is 23.4 Å². The Hall–Kier alpha value is -3.49. The van der Waals surface area contributed by atoms with Crippen LogP contribution in [-0.2, 0) is 12.8 Å². The number of alkyl halides is 3. The molecule has 2 aliphatic rings. The van der Waals surface area contributed by atoms with E-state index in [0.29, 0.717) is 23.6 Å². The van der Waals surface area contributed by atoms with Gasteiger partial charge in [-0.25, -0.2) is 14.4 Å². The fourth-order valence-electron chi connectivity index (χ4n) is 4.70.